The maximum Gasteiger partial charge on any atom is 0.227 e. The van der Waals surface area contributed by atoms with Crippen molar-refractivity contribution in [2.24, 2.45) is 0 Å². The highest BCUT2D eigenvalue weighted by atomic mass is 19.1. The van der Waals surface area contributed by atoms with E-state index in [1.807, 2.05) is 60.0 Å². The first kappa shape index (κ1) is 22.7. The Labute approximate surface area is 213 Å². The first-order valence-electron chi connectivity index (χ1n) is 12.0. The third kappa shape index (κ3) is 4.04. The molecule has 0 N–H and O–H groups in total. The number of imidazole rings is 1. The number of amides is 1. The third-order valence-electron chi connectivity index (χ3n) is 6.43. The number of halogens is 1. The number of anilines is 2. The number of nitrogens with zero attached hydrogens (tertiary/aromatic N) is 6. The number of aromatic nitrogens is 4. The Morgan fingerprint density at radius 3 is 2.59 bits per heavy atom. The van der Waals surface area contributed by atoms with Crippen LogP contribution in [0.2, 0.25) is 0 Å². The van der Waals surface area contributed by atoms with E-state index in [2.05, 4.69) is 21.8 Å². The molecule has 0 radical (unpaired) electrons. The molecule has 5 aromatic rings. The number of hydrogen-bond donors (Lipinski definition) is 0. The lowest BCUT2D eigenvalue weighted by molar-refractivity contribution is -0.117. The van der Waals surface area contributed by atoms with E-state index in [1.54, 1.807) is 24.7 Å². The number of pyridine rings is 2. The zero-order valence-electron chi connectivity index (χ0n) is 20.4. The fourth-order valence-electron chi connectivity index (χ4n) is 4.70. The maximum absolute atomic E-state index is 15.4. The summed E-state index contributed by atoms with van der Waals surface area (Å²) in [6, 6.07) is 14.6. The molecule has 1 aliphatic heterocycles. The highest BCUT2D eigenvalue weighted by Gasteiger charge is 2.25. The molecule has 37 heavy (non-hydrogen) atoms. The molecule has 7 nitrogen and oxygen atoms in total. The van der Waals surface area contributed by atoms with Crippen molar-refractivity contribution in [3.05, 3.63) is 84.1 Å². The lowest BCUT2D eigenvalue weighted by atomic mass is 10.1. The molecule has 1 fully saturated rings. The van der Waals surface area contributed by atoms with Crippen molar-refractivity contribution >= 4 is 39.5 Å². The second kappa shape index (κ2) is 9.03. The Morgan fingerprint density at radius 2 is 1.86 bits per heavy atom. The van der Waals surface area contributed by atoms with Gasteiger partial charge in [-0.1, -0.05) is 11.8 Å². The smallest absolute Gasteiger partial charge is 0.227 e. The summed E-state index contributed by atoms with van der Waals surface area (Å²) in [7, 11) is 3.79. The minimum Gasteiger partial charge on any atom is -0.348 e. The highest BCUT2D eigenvalue weighted by molar-refractivity contribution is 6.04. The Morgan fingerprint density at radius 1 is 1.00 bits per heavy atom. The van der Waals surface area contributed by atoms with E-state index in [-0.39, 0.29) is 5.91 Å². The number of rotatable bonds is 3. The predicted octanol–water partition coefficient (Wildman–Crippen LogP) is 4.70. The van der Waals surface area contributed by atoms with E-state index >= 15 is 4.39 Å². The Bertz CT molecular complexity index is 1730. The monoisotopic (exact) mass is 490 g/mol. The SMILES string of the molecule is CN(C)c1nc2cnc3ccc(C#Cc4cccnc4)cc3c2n1-c1ccc(N2CCCC2=O)c(F)c1. The van der Waals surface area contributed by atoms with Crippen LogP contribution in [0.25, 0.3) is 27.6 Å². The predicted molar refractivity (Wildman–Crippen MR) is 142 cm³/mol. The molecule has 3 aromatic heterocycles. The van der Waals surface area contributed by atoms with Gasteiger partial charge in [-0.15, -0.1) is 0 Å². The summed E-state index contributed by atoms with van der Waals surface area (Å²) in [5.74, 6) is 6.49. The van der Waals surface area contributed by atoms with Crippen LogP contribution in [0.15, 0.2) is 67.1 Å². The van der Waals surface area contributed by atoms with E-state index in [0.717, 1.165) is 34.0 Å². The van der Waals surface area contributed by atoms with Crippen LogP contribution in [-0.2, 0) is 4.79 Å². The second-order valence-corrected chi connectivity index (χ2v) is 9.14. The topological polar surface area (TPSA) is 67.2 Å². The Hall–Kier alpha value is -4.77. The van der Waals surface area contributed by atoms with Gasteiger partial charge in [0.1, 0.15) is 11.3 Å². The fourth-order valence-corrected chi connectivity index (χ4v) is 4.70. The number of carbonyl (C=O) groups excluding carboxylic acids is 1. The highest BCUT2D eigenvalue weighted by Crippen LogP contribution is 2.34. The van der Waals surface area contributed by atoms with Gasteiger partial charge in [0.15, 0.2) is 0 Å². The Kier molecular flexibility index (Phi) is 5.53. The number of benzene rings is 2. The van der Waals surface area contributed by atoms with Gasteiger partial charge in [-0.3, -0.25) is 19.3 Å². The van der Waals surface area contributed by atoms with Crippen molar-refractivity contribution in [1.29, 1.82) is 0 Å². The van der Waals surface area contributed by atoms with Crippen LogP contribution in [0, 0.1) is 17.7 Å². The zero-order valence-corrected chi connectivity index (χ0v) is 20.4. The van der Waals surface area contributed by atoms with Gasteiger partial charge in [-0.25, -0.2) is 9.37 Å². The zero-order chi connectivity index (χ0) is 25.5. The maximum atomic E-state index is 15.4. The first-order valence-corrected chi connectivity index (χ1v) is 12.0. The quantitative estimate of drug-likeness (QED) is 0.343. The van der Waals surface area contributed by atoms with Gasteiger partial charge < -0.3 is 9.80 Å². The van der Waals surface area contributed by atoms with E-state index in [0.29, 0.717) is 35.8 Å². The summed E-state index contributed by atoms with van der Waals surface area (Å²) in [5, 5.41) is 0.857. The molecule has 0 unspecified atom stereocenters. The average molecular weight is 491 g/mol. The summed E-state index contributed by atoms with van der Waals surface area (Å²) >= 11 is 0. The second-order valence-electron chi connectivity index (χ2n) is 9.14. The standard InChI is InChI=1S/C29H23FN6O/c1-34(2)29-33-25-18-32-24-11-9-19(7-8-20-5-3-13-31-17-20)15-22(24)28(25)36(29)21-10-12-26(23(30)16-21)35-14-4-6-27(35)37/h3,5,9-13,15-18H,4,6,14H2,1-2H3. The van der Waals surface area contributed by atoms with Crippen LogP contribution in [0.3, 0.4) is 0 Å². The third-order valence-corrected chi connectivity index (χ3v) is 6.43. The molecule has 1 aliphatic rings. The molecule has 8 heteroatoms. The van der Waals surface area contributed by atoms with Gasteiger partial charge in [-0.2, -0.15) is 0 Å². The molecule has 1 amide bonds. The van der Waals surface area contributed by atoms with Gasteiger partial charge in [0.05, 0.1) is 28.6 Å². The number of carbonyl (C=O) groups is 1. The summed E-state index contributed by atoms with van der Waals surface area (Å²) < 4.78 is 17.3. The molecule has 2 aromatic carbocycles. The molecule has 0 aliphatic carbocycles. The van der Waals surface area contributed by atoms with Crippen molar-refractivity contribution in [2.75, 3.05) is 30.4 Å². The van der Waals surface area contributed by atoms with Crippen molar-refractivity contribution in [2.45, 2.75) is 12.8 Å². The van der Waals surface area contributed by atoms with Crippen molar-refractivity contribution in [3.63, 3.8) is 0 Å². The van der Waals surface area contributed by atoms with Crippen molar-refractivity contribution < 1.29 is 9.18 Å². The molecule has 1 saturated heterocycles. The van der Waals surface area contributed by atoms with E-state index in [9.17, 15) is 4.79 Å². The summed E-state index contributed by atoms with van der Waals surface area (Å²) in [6.45, 7) is 0.533. The molecule has 4 heterocycles. The molecule has 0 saturated carbocycles. The van der Waals surface area contributed by atoms with Gasteiger partial charge in [0.25, 0.3) is 0 Å². The fraction of sp³-hybridized carbons (Fsp3) is 0.172. The van der Waals surface area contributed by atoms with Crippen LogP contribution in [0.5, 0.6) is 0 Å². The summed E-state index contributed by atoms with van der Waals surface area (Å²) in [6.07, 6.45) is 6.35. The van der Waals surface area contributed by atoms with Gasteiger partial charge in [0.2, 0.25) is 11.9 Å². The molecular weight excluding hydrogens is 467 g/mol. The lowest BCUT2D eigenvalue weighted by Gasteiger charge is -2.19. The van der Waals surface area contributed by atoms with Gasteiger partial charge in [0, 0.05) is 62.0 Å². The van der Waals surface area contributed by atoms with E-state index in [4.69, 9.17) is 4.98 Å². The molecule has 6 rings (SSSR count). The molecule has 0 spiro atoms. The lowest BCUT2D eigenvalue weighted by Crippen LogP contribution is -2.24. The number of hydrogen-bond acceptors (Lipinski definition) is 5. The molecule has 0 atom stereocenters. The molecule has 0 bridgehead atoms. The van der Waals surface area contributed by atoms with Crippen molar-refractivity contribution in [1.82, 2.24) is 19.5 Å². The minimum absolute atomic E-state index is 0.0503. The summed E-state index contributed by atoms with van der Waals surface area (Å²) in [5.41, 5.74) is 4.84. The van der Waals surface area contributed by atoms with Crippen LogP contribution in [0.4, 0.5) is 16.0 Å². The minimum atomic E-state index is -0.444. The Balaban J connectivity index is 1.54. The number of fused-ring (bicyclic) bond motifs is 3. The van der Waals surface area contributed by atoms with Crippen molar-refractivity contribution in [3.8, 4) is 17.5 Å². The molecule has 182 valence electrons. The van der Waals surface area contributed by atoms with Crippen LogP contribution in [0.1, 0.15) is 24.0 Å². The van der Waals surface area contributed by atoms with Gasteiger partial charge >= 0.3 is 0 Å². The van der Waals surface area contributed by atoms with Crippen LogP contribution >= 0.6 is 0 Å². The normalized spacial score (nSPS) is 13.3. The van der Waals surface area contributed by atoms with E-state index < -0.39 is 5.82 Å². The van der Waals surface area contributed by atoms with Gasteiger partial charge in [-0.05, 0) is 48.9 Å². The summed E-state index contributed by atoms with van der Waals surface area (Å²) in [4.78, 5) is 29.1. The van der Waals surface area contributed by atoms with Crippen LogP contribution in [-0.4, -0.2) is 46.1 Å². The van der Waals surface area contributed by atoms with E-state index in [1.165, 1.54) is 11.0 Å². The first-order chi connectivity index (χ1) is 18.0. The van der Waals surface area contributed by atoms with Crippen LogP contribution < -0.4 is 9.80 Å². The largest absolute Gasteiger partial charge is 0.348 e. The average Bonchev–Trinajstić information content (AvgIpc) is 3.52. The molecular formula is C29H23FN6O.